The number of carbonyl (C=O) groups is 1. The van der Waals surface area contributed by atoms with E-state index in [9.17, 15) is 4.79 Å². The van der Waals surface area contributed by atoms with Gasteiger partial charge in [0.15, 0.2) is 0 Å². The molecule has 0 spiro atoms. The number of carbonyl (C=O) groups excluding carboxylic acids is 1. The Labute approximate surface area is 124 Å². The van der Waals surface area contributed by atoms with Crippen molar-refractivity contribution in [2.45, 2.75) is 19.3 Å². The quantitative estimate of drug-likeness (QED) is 0.842. The molecule has 0 bridgehead atoms. The normalized spacial score (nSPS) is 25.6. The average Bonchev–Trinajstić information content (AvgIpc) is 2.94. The molecule has 1 saturated carbocycles. The van der Waals surface area contributed by atoms with Crippen molar-refractivity contribution in [3.63, 3.8) is 0 Å². The minimum absolute atomic E-state index is 0.0162. The Morgan fingerprint density at radius 3 is 2.75 bits per heavy atom. The molecule has 4 nitrogen and oxygen atoms in total. The van der Waals surface area contributed by atoms with Crippen LogP contribution in [0.3, 0.4) is 0 Å². The van der Waals surface area contributed by atoms with Gasteiger partial charge in [-0.2, -0.15) is 0 Å². The second-order valence-corrected chi connectivity index (χ2v) is 6.34. The Hall–Kier alpha value is -1.26. The molecule has 2 aliphatic rings. The van der Waals surface area contributed by atoms with Crippen molar-refractivity contribution < 1.29 is 4.79 Å². The Bertz CT molecular complexity index is 508. The molecular formula is C15H20ClN3O. The molecular weight excluding hydrogens is 274 g/mol. The van der Waals surface area contributed by atoms with Crippen LogP contribution in [0.25, 0.3) is 0 Å². The summed E-state index contributed by atoms with van der Waals surface area (Å²) in [5.41, 5.74) is 6.90. The highest BCUT2D eigenvalue weighted by Gasteiger charge is 2.36. The Morgan fingerprint density at radius 1 is 1.35 bits per heavy atom. The molecule has 1 aromatic carbocycles. The van der Waals surface area contributed by atoms with Crippen molar-refractivity contribution in [3.8, 4) is 0 Å². The van der Waals surface area contributed by atoms with Crippen molar-refractivity contribution in [2.24, 2.45) is 11.8 Å². The van der Waals surface area contributed by atoms with E-state index in [2.05, 4.69) is 10.2 Å². The summed E-state index contributed by atoms with van der Waals surface area (Å²) >= 11 is 6.05. The van der Waals surface area contributed by atoms with Gasteiger partial charge in [0, 0.05) is 18.8 Å². The maximum atomic E-state index is 12.1. The lowest BCUT2D eigenvalue weighted by molar-refractivity contribution is -0.117. The lowest BCUT2D eigenvalue weighted by Gasteiger charge is -2.16. The monoisotopic (exact) mass is 293 g/mol. The van der Waals surface area contributed by atoms with Crippen LogP contribution in [-0.4, -0.2) is 30.4 Å². The highest BCUT2D eigenvalue weighted by Crippen LogP contribution is 2.37. The van der Waals surface area contributed by atoms with E-state index < -0.39 is 0 Å². The van der Waals surface area contributed by atoms with Crippen molar-refractivity contribution >= 4 is 28.9 Å². The van der Waals surface area contributed by atoms with Crippen LogP contribution >= 0.6 is 11.6 Å². The lowest BCUT2D eigenvalue weighted by Crippen LogP contribution is -2.32. The van der Waals surface area contributed by atoms with Crippen molar-refractivity contribution in [1.82, 2.24) is 4.90 Å². The number of nitrogens with two attached hydrogens (primary N) is 1. The molecule has 1 aromatic rings. The molecule has 2 fully saturated rings. The number of nitrogens with zero attached hydrogens (tertiary/aromatic N) is 1. The number of nitrogen functional groups attached to an aromatic ring is 1. The largest absolute Gasteiger partial charge is 0.399 e. The molecule has 2 unspecified atom stereocenters. The summed E-state index contributed by atoms with van der Waals surface area (Å²) < 4.78 is 0. The third-order valence-corrected chi connectivity index (χ3v) is 4.76. The number of hydrogen-bond acceptors (Lipinski definition) is 3. The highest BCUT2D eigenvalue weighted by atomic mass is 35.5. The van der Waals surface area contributed by atoms with Gasteiger partial charge >= 0.3 is 0 Å². The van der Waals surface area contributed by atoms with Crippen LogP contribution in [0, 0.1) is 11.8 Å². The van der Waals surface area contributed by atoms with E-state index >= 15 is 0 Å². The Balaban J connectivity index is 1.56. The number of nitrogens with one attached hydrogen (secondary N) is 1. The fraction of sp³-hybridized carbons (Fsp3) is 0.533. The Kier molecular flexibility index (Phi) is 3.85. The summed E-state index contributed by atoms with van der Waals surface area (Å²) in [5, 5.41) is 3.37. The molecule has 0 radical (unpaired) electrons. The van der Waals surface area contributed by atoms with E-state index in [4.69, 9.17) is 17.3 Å². The zero-order valence-corrected chi connectivity index (χ0v) is 12.2. The molecule has 2 atom stereocenters. The van der Waals surface area contributed by atoms with Crippen LogP contribution in [0.5, 0.6) is 0 Å². The van der Waals surface area contributed by atoms with Gasteiger partial charge in [-0.05, 0) is 42.9 Å². The first-order valence-corrected chi connectivity index (χ1v) is 7.57. The van der Waals surface area contributed by atoms with Crippen molar-refractivity contribution in [3.05, 3.63) is 23.2 Å². The summed E-state index contributed by atoms with van der Waals surface area (Å²) in [6.07, 6.45) is 4.00. The van der Waals surface area contributed by atoms with Crippen LogP contribution in [0.2, 0.25) is 5.02 Å². The maximum absolute atomic E-state index is 12.1. The zero-order chi connectivity index (χ0) is 14.1. The molecule has 20 heavy (non-hydrogen) atoms. The number of halogens is 1. The maximum Gasteiger partial charge on any atom is 0.238 e. The predicted octanol–water partition coefficient (Wildman–Crippen LogP) is 2.59. The fourth-order valence-corrected chi connectivity index (χ4v) is 3.66. The third-order valence-electron chi connectivity index (χ3n) is 4.43. The van der Waals surface area contributed by atoms with Crippen LogP contribution in [-0.2, 0) is 4.79 Å². The van der Waals surface area contributed by atoms with Crippen LogP contribution in [0.1, 0.15) is 19.3 Å². The molecule has 1 aliphatic carbocycles. The first-order chi connectivity index (χ1) is 9.61. The number of rotatable bonds is 3. The van der Waals surface area contributed by atoms with Gasteiger partial charge in [0.2, 0.25) is 5.91 Å². The SMILES string of the molecule is Nc1ccc(Cl)c(NC(=O)CN2CC3CCCC3C2)c1. The van der Waals surface area contributed by atoms with Gasteiger partial charge in [0.25, 0.3) is 0 Å². The minimum Gasteiger partial charge on any atom is -0.399 e. The molecule has 108 valence electrons. The third kappa shape index (κ3) is 2.91. The van der Waals surface area contributed by atoms with E-state index in [1.54, 1.807) is 18.2 Å². The van der Waals surface area contributed by atoms with Crippen molar-refractivity contribution in [2.75, 3.05) is 30.7 Å². The smallest absolute Gasteiger partial charge is 0.238 e. The van der Waals surface area contributed by atoms with E-state index in [-0.39, 0.29) is 5.91 Å². The lowest BCUT2D eigenvalue weighted by atomic mass is 10.0. The minimum atomic E-state index is -0.0162. The van der Waals surface area contributed by atoms with Gasteiger partial charge in [-0.15, -0.1) is 0 Å². The van der Waals surface area contributed by atoms with Gasteiger partial charge in [-0.3, -0.25) is 9.69 Å². The van der Waals surface area contributed by atoms with Gasteiger partial charge < -0.3 is 11.1 Å². The number of hydrogen-bond donors (Lipinski definition) is 2. The summed E-state index contributed by atoms with van der Waals surface area (Å²) in [6.45, 7) is 2.56. The number of benzene rings is 1. The van der Waals surface area contributed by atoms with E-state index in [1.165, 1.54) is 19.3 Å². The standard InChI is InChI=1S/C15H20ClN3O/c16-13-5-4-12(17)6-14(13)18-15(20)9-19-7-10-2-1-3-11(10)8-19/h4-6,10-11H,1-3,7-9,17H2,(H,18,20). The summed E-state index contributed by atoms with van der Waals surface area (Å²) in [7, 11) is 0. The number of anilines is 2. The Morgan fingerprint density at radius 2 is 2.05 bits per heavy atom. The molecule has 1 saturated heterocycles. The van der Waals surface area contributed by atoms with Crippen LogP contribution in [0.15, 0.2) is 18.2 Å². The van der Waals surface area contributed by atoms with E-state index in [0.29, 0.717) is 22.9 Å². The van der Waals surface area contributed by atoms with Gasteiger partial charge in [0.05, 0.1) is 17.3 Å². The molecule has 1 heterocycles. The van der Waals surface area contributed by atoms with Crippen LogP contribution < -0.4 is 11.1 Å². The topological polar surface area (TPSA) is 58.4 Å². The molecule has 1 amide bonds. The zero-order valence-electron chi connectivity index (χ0n) is 11.4. The molecule has 5 heteroatoms. The second kappa shape index (κ2) is 5.62. The van der Waals surface area contributed by atoms with E-state index in [0.717, 1.165) is 24.9 Å². The van der Waals surface area contributed by atoms with Crippen LogP contribution in [0.4, 0.5) is 11.4 Å². The first kappa shape index (κ1) is 13.7. The summed E-state index contributed by atoms with van der Waals surface area (Å²) in [5.74, 6) is 1.59. The van der Waals surface area contributed by atoms with Crippen molar-refractivity contribution in [1.29, 1.82) is 0 Å². The summed E-state index contributed by atoms with van der Waals surface area (Å²) in [6, 6.07) is 5.12. The molecule has 3 N–H and O–H groups in total. The van der Waals surface area contributed by atoms with Gasteiger partial charge in [-0.25, -0.2) is 0 Å². The predicted molar refractivity (Wildman–Crippen MR) is 81.8 cm³/mol. The number of amides is 1. The fourth-order valence-electron chi connectivity index (χ4n) is 3.49. The molecule has 0 aromatic heterocycles. The molecule has 3 rings (SSSR count). The second-order valence-electron chi connectivity index (χ2n) is 5.93. The molecule has 1 aliphatic heterocycles. The average molecular weight is 294 g/mol. The highest BCUT2D eigenvalue weighted by molar-refractivity contribution is 6.33. The van der Waals surface area contributed by atoms with Gasteiger partial charge in [-0.1, -0.05) is 18.0 Å². The first-order valence-electron chi connectivity index (χ1n) is 7.19. The van der Waals surface area contributed by atoms with Gasteiger partial charge in [0.1, 0.15) is 0 Å². The van der Waals surface area contributed by atoms with E-state index in [1.807, 2.05) is 0 Å². The summed E-state index contributed by atoms with van der Waals surface area (Å²) in [4.78, 5) is 14.4. The number of fused-ring (bicyclic) bond motifs is 1. The number of likely N-dealkylation sites (tertiary alicyclic amines) is 1.